The van der Waals surface area contributed by atoms with Gasteiger partial charge in [-0.3, -0.25) is 10.1 Å². The summed E-state index contributed by atoms with van der Waals surface area (Å²) in [6.07, 6.45) is 2.30. The van der Waals surface area contributed by atoms with Gasteiger partial charge >= 0.3 is 0 Å². The van der Waals surface area contributed by atoms with Crippen LogP contribution in [0.4, 0.5) is 5.69 Å². The van der Waals surface area contributed by atoms with E-state index in [0.717, 1.165) is 12.8 Å². The zero-order valence-electron chi connectivity index (χ0n) is 12.5. The molecule has 0 saturated carbocycles. The molecule has 0 radical (unpaired) electrons. The molecule has 2 rings (SSSR count). The Bertz CT molecular complexity index is 684. The molecule has 1 aliphatic rings. The summed E-state index contributed by atoms with van der Waals surface area (Å²) in [5.74, 6) is 0. The topological polar surface area (TPSA) is 107 Å². The largest absolute Gasteiger partial charge is 0.326 e. The van der Waals surface area contributed by atoms with Crippen LogP contribution < -0.4 is 5.73 Å². The SMILES string of the molecule is CC(N)C1CCCCN1S(=O)(=O)c1ccc(Br)cc1[N+](=O)[O-].Cl. The van der Waals surface area contributed by atoms with Crippen molar-refractivity contribution in [2.75, 3.05) is 6.54 Å². The number of halogens is 2. The predicted molar refractivity (Wildman–Crippen MR) is 93.2 cm³/mol. The fourth-order valence-electron chi connectivity index (χ4n) is 2.73. The minimum absolute atomic E-state index is 0. The van der Waals surface area contributed by atoms with Crippen LogP contribution in [0.1, 0.15) is 26.2 Å². The average Bonchev–Trinajstić information content (AvgIpc) is 2.46. The summed E-state index contributed by atoms with van der Waals surface area (Å²) >= 11 is 3.13. The number of nitrogens with two attached hydrogens (primary N) is 1. The second-order valence-electron chi connectivity index (χ2n) is 5.41. The van der Waals surface area contributed by atoms with Gasteiger partial charge in [-0.25, -0.2) is 8.42 Å². The normalized spacial score (nSPS) is 20.6. The lowest BCUT2D eigenvalue weighted by molar-refractivity contribution is -0.387. The first kappa shape index (κ1) is 20.3. The molecule has 10 heteroatoms. The number of nitrogens with zero attached hydrogens (tertiary/aromatic N) is 2. The van der Waals surface area contributed by atoms with Crippen LogP contribution in [0.2, 0.25) is 0 Å². The molecular formula is C13H19BrClN3O4S. The molecule has 0 bridgehead atoms. The van der Waals surface area contributed by atoms with Gasteiger partial charge in [0.25, 0.3) is 5.69 Å². The Kier molecular flexibility index (Phi) is 6.96. The maximum atomic E-state index is 12.9. The summed E-state index contributed by atoms with van der Waals surface area (Å²) in [6, 6.07) is 3.30. The first-order valence-electron chi connectivity index (χ1n) is 6.96. The highest BCUT2D eigenvalue weighted by Crippen LogP contribution is 2.33. The highest BCUT2D eigenvalue weighted by atomic mass is 79.9. The highest BCUT2D eigenvalue weighted by Gasteiger charge is 2.38. The third-order valence-electron chi connectivity index (χ3n) is 3.81. The van der Waals surface area contributed by atoms with E-state index in [-0.39, 0.29) is 29.4 Å². The van der Waals surface area contributed by atoms with Gasteiger partial charge in [-0.2, -0.15) is 4.31 Å². The lowest BCUT2D eigenvalue weighted by Gasteiger charge is -2.36. The van der Waals surface area contributed by atoms with E-state index >= 15 is 0 Å². The van der Waals surface area contributed by atoms with Gasteiger partial charge in [-0.1, -0.05) is 22.4 Å². The number of hydrogen-bond acceptors (Lipinski definition) is 5. The van der Waals surface area contributed by atoms with Gasteiger partial charge in [0, 0.05) is 29.2 Å². The molecule has 0 amide bonds. The second-order valence-corrected chi connectivity index (χ2v) is 8.18. The molecule has 1 aromatic carbocycles. The zero-order valence-corrected chi connectivity index (χ0v) is 15.7. The van der Waals surface area contributed by atoms with Gasteiger partial charge in [-0.15, -0.1) is 12.4 Å². The van der Waals surface area contributed by atoms with E-state index in [1.807, 2.05) is 0 Å². The number of sulfonamides is 1. The summed E-state index contributed by atoms with van der Waals surface area (Å²) in [5, 5.41) is 11.2. The number of hydrogen-bond donors (Lipinski definition) is 1. The van der Waals surface area contributed by atoms with Crippen LogP contribution in [0.3, 0.4) is 0 Å². The standard InChI is InChI=1S/C13H18BrN3O4S.ClH/c1-9(15)11-4-2-3-7-16(11)22(20,21)13-6-5-10(14)8-12(13)17(18)19;/h5-6,8-9,11H,2-4,7,15H2,1H3;1H. The Labute approximate surface area is 150 Å². The highest BCUT2D eigenvalue weighted by molar-refractivity contribution is 9.10. The van der Waals surface area contributed by atoms with Crippen LogP contribution in [0.5, 0.6) is 0 Å². The molecule has 0 aliphatic carbocycles. The van der Waals surface area contributed by atoms with Crippen molar-refractivity contribution in [1.82, 2.24) is 4.31 Å². The third kappa shape index (κ3) is 4.21. The molecule has 1 heterocycles. The van der Waals surface area contributed by atoms with Crippen LogP contribution in [-0.4, -0.2) is 36.3 Å². The first-order valence-corrected chi connectivity index (χ1v) is 9.20. The van der Waals surface area contributed by atoms with Gasteiger partial charge in [0.15, 0.2) is 4.90 Å². The maximum absolute atomic E-state index is 12.9. The monoisotopic (exact) mass is 427 g/mol. The van der Waals surface area contributed by atoms with Crippen LogP contribution in [0.15, 0.2) is 27.6 Å². The van der Waals surface area contributed by atoms with Crippen molar-refractivity contribution in [3.8, 4) is 0 Å². The summed E-state index contributed by atoms with van der Waals surface area (Å²) < 4.78 is 27.6. The summed E-state index contributed by atoms with van der Waals surface area (Å²) in [4.78, 5) is 10.2. The van der Waals surface area contributed by atoms with Crippen LogP contribution >= 0.6 is 28.3 Å². The van der Waals surface area contributed by atoms with E-state index in [0.29, 0.717) is 17.4 Å². The molecule has 1 aliphatic heterocycles. The van der Waals surface area contributed by atoms with E-state index in [9.17, 15) is 18.5 Å². The number of piperidine rings is 1. The molecule has 0 spiro atoms. The molecule has 2 unspecified atom stereocenters. The number of rotatable bonds is 4. The van der Waals surface area contributed by atoms with E-state index in [4.69, 9.17) is 5.73 Å². The van der Waals surface area contributed by atoms with Crippen molar-refractivity contribution in [2.45, 2.75) is 43.2 Å². The molecule has 1 fully saturated rings. The third-order valence-corrected chi connectivity index (χ3v) is 6.27. The maximum Gasteiger partial charge on any atom is 0.290 e. The van der Waals surface area contributed by atoms with Crippen LogP contribution in [-0.2, 0) is 10.0 Å². The van der Waals surface area contributed by atoms with Gasteiger partial charge in [-0.05, 0) is 31.9 Å². The fraction of sp³-hybridized carbons (Fsp3) is 0.538. The number of nitro groups is 1. The molecule has 0 aromatic heterocycles. The van der Waals surface area contributed by atoms with Gasteiger partial charge in [0.2, 0.25) is 10.0 Å². The Morgan fingerprint density at radius 2 is 2.09 bits per heavy atom. The molecule has 7 nitrogen and oxygen atoms in total. The lowest BCUT2D eigenvalue weighted by Crippen LogP contribution is -2.51. The number of nitro benzene ring substituents is 1. The first-order chi connectivity index (χ1) is 10.2. The minimum atomic E-state index is -3.96. The molecule has 2 N–H and O–H groups in total. The fourth-order valence-corrected chi connectivity index (χ4v) is 4.99. The molecule has 1 aromatic rings. The van der Waals surface area contributed by atoms with E-state index in [1.54, 1.807) is 6.92 Å². The van der Waals surface area contributed by atoms with Crippen LogP contribution in [0.25, 0.3) is 0 Å². The molecule has 1 saturated heterocycles. The van der Waals surface area contributed by atoms with Crippen molar-refractivity contribution >= 4 is 44.0 Å². The van der Waals surface area contributed by atoms with Crippen molar-refractivity contribution < 1.29 is 13.3 Å². The lowest BCUT2D eigenvalue weighted by atomic mass is 10.00. The Morgan fingerprint density at radius 3 is 2.65 bits per heavy atom. The zero-order chi connectivity index (χ0) is 16.5. The predicted octanol–water partition coefficient (Wildman–Crippen LogP) is 2.67. The van der Waals surface area contributed by atoms with Crippen molar-refractivity contribution in [1.29, 1.82) is 0 Å². The molecular weight excluding hydrogens is 410 g/mol. The summed E-state index contributed by atoms with van der Waals surface area (Å²) in [7, 11) is -3.96. The summed E-state index contributed by atoms with van der Waals surface area (Å²) in [5.41, 5.74) is 5.48. The van der Waals surface area contributed by atoms with Crippen molar-refractivity contribution in [3.63, 3.8) is 0 Å². The quantitative estimate of drug-likeness (QED) is 0.586. The van der Waals surface area contributed by atoms with Crippen LogP contribution in [0, 0.1) is 10.1 Å². The molecule has 130 valence electrons. The number of benzene rings is 1. The Balaban J connectivity index is 0.00000264. The second kappa shape index (κ2) is 7.89. The van der Waals surface area contributed by atoms with Gasteiger partial charge in [0.1, 0.15) is 0 Å². The molecule has 2 atom stereocenters. The Hall–Kier alpha value is -0.740. The van der Waals surface area contributed by atoms with Gasteiger partial charge in [0.05, 0.1) is 4.92 Å². The van der Waals surface area contributed by atoms with Gasteiger partial charge < -0.3 is 5.73 Å². The Morgan fingerprint density at radius 1 is 1.43 bits per heavy atom. The van der Waals surface area contributed by atoms with E-state index in [1.165, 1.54) is 22.5 Å². The average molecular weight is 429 g/mol. The van der Waals surface area contributed by atoms with E-state index in [2.05, 4.69) is 15.9 Å². The van der Waals surface area contributed by atoms with Crippen molar-refractivity contribution in [3.05, 3.63) is 32.8 Å². The minimum Gasteiger partial charge on any atom is -0.326 e. The van der Waals surface area contributed by atoms with E-state index < -0.39 is 20.6 Å². The molecule has 23 heavy (non-hydrogen) atoms. The van der Waals surface area contributed by atoms with Crippen molar-refractivity contribution in [2.24, 2.45) is 5.73 Å². The summed E-state index contributed by atoms with van der Waals surface area (Å²) in [6.45, 7) is 2.09. The smallest absolute Gasteiger partial charge is 0.290 e.